The first-order valence-electron chi connectivity index (χ1n) is 7.14. The van der Waals surface area contributed by atoms with Gasteiger partial charge in [-0.3, -0.25) is 9.59 Å². The number of rotatable bonds is 9. The Bertz CT molecular complexity index is 271. The van der Waals surface area contributed by atoms with Gasteiger partial charge in [0.25, 0.3) is 0 Å². The summed E-state index contributed by atoms with van der Waals surface area (Å²) in [5.41, 5.74) is 0. The summed E-state index contributed by atoms with van der Waals surface area (Å²) >= 11 is 0. The van der Waals surface area contributed by atoms with Crippen LogP contribution < -0.4 is 0 Å². The number of carbonyl (C=O) groups excluding carboxylic acids is 2. The van der Waals surface area contributed by atoms with Crippen LogP contribution in [-0.2, 0) is 19.1 Å². The van der Waals surface area contributed by atoms with Crippen LogP contribution in [0.25, 0.3) is 0 Å². The summed E-state index contributed by atoms with van der Waals surface area (Å²) in [6, 6.07) is 0. The van der Waals surface area contributed by atoms with Crippen molar-refractivity contribution in [3.05, 3.63) is 0 Å². The smallest absolute Gasteiger partial charge is 0.305 e. The van der Waals surface area contributed by atoms with Gasteiger partial charge in [-0.05, 0) is 24.2 Å². The van der Waals surface area contributed by atoms with Crippen molar-refractivity contribution in [1.29, 1.82) is 0 Å². The van der Waals surface area contributed by atoms with Crippen molar-refractivity contribution < 1.29 is 19.1 Å². The average molecular weight is 272 g/mol. The van der Waals surface area contributed by atoms with E-state index in [9.17, 15) is 9.59 Å². The molecule has 0 saturated carbocycles. The highest BCUT2D eigenvalue weighted by Crippen LogP contribution is 2.10. The fourth-order valence-electron chi connectivity index (χ4n) is 1.20. The lowest BCUT2D eigenvalue weighted by Crippen LogP contribution is -2.16. The van der Waals surface area contributed by atoms with Crippen LogP contribution in [-0.4, -0.2) is 25.2 Å². The van der Waals surface area contributed by atoms with Crippen molar-refractivity contribution in [2.24, 2.45) is 17.8 Å². The van der Waals surface area contributed by atoms with Gasteiger partial charge < -0.3 is 9.47 Å². The van der Waals surface area contributed by atoms with Gasteiger partial charge >= 0.3 is 11.9 Å². The van der Waals surface area contributed by atoms with Gasteiger partial charge in [0.05, 0.1) is 13.2 Å². The maximum Gasteiger partial charge on any atom is 0.305 e. The minimum atomic E-state index is -0.239. The standard InChI is InChI=1S/C15H28O4/c1-11(2)9-18-14(16)7-6-8-15(17)19-10-13(5)12(3)4/h11-13H,6-10H2,1-5H3. The van der Waals surface area contributed by atoms with Gasteiger partial charge in [0.2, 0.25) is 0 Å². The van der Waals surface area contributed by atoms with Crippen molar-refractivity contribution in [1.82, 2.24) is 0 Å². The summed E-state index contributed by atoms with van der Waals surface area (Å²) in [4.78, 5) is 22.8. The molecule has 0 bridgehead atoms. The molecule has 0 aliphatic rings. The molecule has 0 aromatic carbocycles. The molecule has 0 aromatic heterocycles. The Morgan fingerprint density at radius 1 is 0.842 bits per heavy atom. The molecule has 4 heteroatoms. The minimum absolute atomic E-state index is 0.232. The van der Waals surface area contributed by atoms with Crippen LogP contribution in [0.15, 0.2) is 0 Å². The summed E-state index contributed by atoms with van der Waals surface area (Å²) in [6.45, 7) is 11.1. The lowest BCUT2D eigenvalue weighted by Gasteiger charge is -2.15. The molecular weight excluding hydrogens is 244 g/mol. The number of carbonyl (C=O) groups is 2. The van der Waals surface area contributed by atoms with E-state index in [-0.39, 0.29) is 24.8 Å². The Morgan fingerprint density at radius 3 is 1.74 bits per heavy atom. The van der Waals surface area contributed by atoms with E-state index in [1.807, 2.05) is 13.8 Å². The third kappa shape index (κ3) is 10.5. The summed E-state index contributed by atoms with van der Waals surface area (Å²) in [5, 5.41) is 0. The minimum Gasteiger partial charge on any atom is -0.465 e. The van der Waals surface area contributed by atoms with E-state index in [4.69, 9.17) is 9.47 Å². The van der Waals surface area contributed by atoms with E-state index in [0.29, 0.717) is 37.4 Å². The van der Waals surface area contributed by atoms with E-state index in [1.54, 1.807) is 0 Å². The Hall–Kier alpha value is -1.06. The van der Waals surface area contributed by atoms with Crippen LogP contribution in [0.1, 0.15) is 53.9 Å². The number of ether oxygens (including phenoxy) is 2. The molecule has 112 valence electrons. The summed E-state index contributed by atoms with van der Waals surface area (Å²) < 4.78 is 10.2. The Balaban J connectivity index is 3.60. The molecule has 0 saturated heterocycles. The normalized spacial score (nSPS) is 12.6. The topological polar surface area (TPSA) is 52.6 Å². The van der Waals surface area contributed by atoms with Crippen LogP contribution in [0.2, 0.25) is 0 Å². The first kappa shape index (κ1) is 17.9. The highest BCUT2D eigenvalue weighted by Gasteiger charge is 2.11. The molecule has 0 rings (SSSR count). The van der Waals surface area contributed by atoms with E-state index in [2.05, 4.69) is 20.8 Å². The van der Waals surface area contributed by atoms with Gasteiger partial charge in [0, 0.05) is 12.8 Å². The monoisotopic (exact) mass is 272 g/mol. The molecule has 0 radical (unpaired) electrons. The summed E-state index contributed by atoms with van der Waals surface area (Å²) in [7, 11) is 0. The molecule has 1 unspecified atom stereocenters. The predicted octanol–water partition coefficient (Wildman–Crippen LogP) is 3.19. The van der Waals surface area contributed by atoms with Gasteiger partial charge in [-0.25, -0.2) is 0 Å². The molecule has 4 nitrogen and oxygen atoms in total. The first-order valence-corrected chi connectivity index (χ1v) is 7.14. The quantitative estimate of drug-likeness (QED) is 0.605. The predicted molar refractivity (Wildman–Crippen MR) is 74.6 cm³/mol. The lowest BCUT2D eigenvalue weighted by atomic mass is 9.99. The maximum absolute atomic E-state index is 11.4. The number of esters is 2. The molecule has 0 fully saturated rings. The highest BCUT2D eigenvalue weighted by atomic mass is 16.5. The van der Waals surface area contributed by atoms with Crippen LogP contribution in [0.4, 0.5) is 0 Å². The van der Waals surface area contributed by atoms with Gasteiger partial charge in [-0.2, -0.15) is 0 Å². The maximum atomic E-state index is 11.4. The van der Waals surface area contributed by atoms with E-state index >= 15 is 0 Å². The average Bonchev–Trinajstić information content (AvgIpc) is 2.33. The van der Waals surface area contributed by atoms with E-state index in [0.717, 1.165) is 0 Å². The SMILES string of the molecule is CC(C)COC(=O)CCCC(=O)OCC(C)C(C)C. The van der Waals surface area contributed by atoms with Crippen molar-refractivity contribution in [2.45, 2.75) is 53.9 Å². The molecule has 0 aliphatic heterocycles. The van der Waals surface area contributed by atoms with Gasteiger partial charge in [0.1, 0.15) is 0 Å². The van der Waals surface area contributed by atoms with Crippen molar-refractivity contribution in [2.75, 3.05) is 13.2 Å². The molecular formula is C15H28O4. The molecule has 0 N–H and O–H groups in total. The first-order chi connectivity index (χ1) is 8.82. The van der Waals surface area contributed by atoms with Gasteiger partial charge in [-0.15, -0.1) is 0 Å². The van der Waals surface area contributed by atoms with E-state index < -0.39 is 0 Å². The molecule has 0 aliphatic carbocycles. The fraction of sp³-hybridized carbons (Fsp3) is 0.867. The molecule has 0 spiro atoms. The molecule has 1 atom stereocenters. The lowest BCUT2D eigenvalue weighted by molar-refractivity contribution is -0.146. The van der Waals surface area contributed by atoms with Crippen LogP contribution in [0.3, 0.4) is 0 Å². The third-order valence-electron chi connectivity index (χ3n) is 2.98. The summed E-state index contributed by atoms with van der Waals surface area (Å²) in [6.07, 6.45) is 1.05. The van der Waals surface area contributed by atoms with Crippen molar-refractivity contribution >= 4 is 11.9 Å². The Morgan fingerprint density at radius 2 is 1.32 bits per heavy atom. The largest absolute Gasteiger partial charge is 0.465 e. The van der Waals surface area contributed by atoms with Crippen LogP contribution in [0.5, 0.6) is 0 Å². The van der Waals surface area contributed by atoms with Gasteiger partial charge in [-0.1, -0.05) is 34.6 Å². The molecule has 0 heterocycles. The third-order valence-corrected chi connectivity index (χ3v) is 2.98. The van der Waals surface area contributed by atoms with E-state index in [1.165, 1.54) is 0 Å². The zero-order chi connectivity index (χ0) is 14.8. The Kier molecular flexibility index (Phi) is 9.27. The zero-order valence-corrected chi connectivity index (χ0v) is 12.9. The van der Waals surface area contributed by atoms with Crippen LogP contribution >= 0.6 is 0 Å². The fourth-order valence-corrected chi connectivity index (χ4v) is 1.20. The highest BCUT2D eigenvalue weighted by molar-refractivity contribution is 5.72. The van der Waals surface area contributed by atoms with Gasteiger partial charge in [0.15, 0.2) is 0 Å². The summed E-state index contributed by atoms with van der Waals surface area (Å²) in [5.74, 6) is 0.728. The molecule has 19 heavy (non-hydrogen) atoms. The second-order valence-corrected chi connectivity index (χ2v) is 5.83. The second-order valence-electron chi connectivity index (χ2n) is 5.83. The van der Waals surface area contributed by atoms with Crippen molar-refractivity contribution in [3.63, 3.8) is 0 Å². The zero-order valence-electron chi connectivity index (χ0n) is 12.9. The number of hydrogen-bond donors (Lipinski definition) is 0. The van der Waals surface area contributed by atoms with Crippen molar-refractivity contribution in [3.8, 4) is 0 Å². The molecule has 0 amide bonds. The Labute approximate surface area is 116 Å². The number of hydrogen-bond acceptors (Lipinski definition) is 4. The second kappa shape index (κ2) is 9.82. The van der Waals surface area contributed by atoms with Crippen LogP contribution in [0, 0.1) is 17.8 Å². The molecule has 0 aromatic rings.